The molecule has 0 fully saturated rings. The number of carbonyl (C=O) groups excluding carboxylic acids is 1. The van der Waals surface area contributed by atoms with Crippen LogP contribution < -0.4 is 5.32 Å². The monoisotopic (exact) mass is 237 g/mol. The minimum atomic E-state index is -3.30. The quantitative estimate of drug-likeness (QED) is 0.655. The molecule has 0 aliphatic rings. The number of hydrogen-bond donors (Lipinski definition) is 2. The summed E-state index contributed by atoms with van der Waals surface area (Å²) in [5.41, 5.74) is 0. The molecule has 0 radical (unpaired) electrons. The molecule has 0 rings (SSSR count). The Morgan fingerprint density at radius 1 is 1.40 bits per heavy atom. The lowest BCUT2D eigenvalue weighted by Crippen LogP contribution is -2.41. The Labute approximate surface area is 90.8 Å². The predicted octanol–water partition coefficient (Wildman–Crippen LogP) is -0.446. The van der Waals surface area contributed by atoms with Crippen LogP contribution in [0, 0.1) is 5.92 Å². The Morgan fingerprint density at radius 2 is 1.93 bits per heavy atom. The average Bonchev–Trinajstić information content (AvgIpc) is 1.98. The summed E-state index contributed by atoms with van der Waals surface area (Å²) in [7, 11) is -3.30. The van der Waals surface area contributed by atoms with Crippen molar-refractivity contribution in [1.29, 1.82) is 0 Å². The van der Waals surface area contributed by atoms with Gasteiger partial charge in [0.1, 0.15) is 5.75 Å². The molecular formula is C9H19NO4S. The molecule has 1 amide bonds. The van der Waals surface area contributed by atoms with Crippen LogP contribution in [0.5, 0.6) is 0 Å². The van der Waals surface area contributed by atoms with E-state index in [4.69, 9.17) is 5.11 Å². The fraction of sp³-hybridized carbons (Fsp3) is 0.889. The minimum absolute atomic E-state index is 0.173. The lowest BCUT2D eigenvalue weighted by molar-refractivity contribution is -0.119. The molecule has 5 nitrogen and oxygen atoms in total. The standard InChI is InChI=1S/C9H19NO4S/c1-7(2)4-8(5-11)10-9(12)6-15(3,13)14/h7-8,11H,4-6H2,1-3H3,(H,10,12). The summed E-state index contributed by atoms with van der Waals surface area (Å²) in [6.07, 6.45) is 1.63. The third kappa shape index (κ3) is 8.38. The van der Waals surface area contributed by atoms with E-state index in [1.165, 1.54) is 0 Å². The second kappa shape index (κ2) is 6.07. The SMILES string of the molecule is CC(C)CC(CO)NC(=O)CS(C)(=O)=O. The van der Waals surface area contributed by atoms with Crippen molar-refractivity contribution >= 4 is 15.7 Å². The van der Waals surface area contributed by atoms with Gasteiger partial charge in [-0.15, -0.1) is 0 Å². The van der Waals surface area contributed by atoms with Gasteiger partial charge in [-0.25, -0.2) is 8.42 Å². The van der Waals surface area contributed by atoms with Gasteiger partial charge in [-0.1, -0.05) is 13.8 Å². The van der Waals surface area contributed by atoms with Crippen LogP contribution in [0.2, 0.25) is 0 Å². The molecule has 0 aliphatic heterocycles. The van der Waals surface area contributed by atoms with E-state index in [0.29, 0.717) is 12.3 Å². The van der Waals surface area contributed by atoms with Crippen molar-refractivity contribution in [1.82, 2.24) is 5.32 Å². The van der Waals surface area contributed by atoms with Crippen molar-refractivity contribution in [2.24, 2.45) is 5.92 Å². The summed E-state index contributed by atoms with van der Waals surface area (Å²) < 4.78 is 21.6. The van der Waals surface area contributed by atoms with Gasteiger partial charge in [0.05, 0.1) is 12.6 Å². The summed E-state index contributed by atoms with van der Waals surface area (Å²) in [5, 5.41) is 11.4. The zero-order chi connectivity index (χ0) is 12.1. The Balaban J connectivity index is 4.13. The molecule has 1 atom stereocenters. The molecular weight excluding hydrogens is 218 g/mol. The lowest BCUT2D eigenvalue weighted by atomic mass is 10.0. The van der Waals surface area contributed by atoms with E-state index < -0.39 is 21.5 Å². The first kappa shape index (κ1) is 14.4. The molecule has 1 unspecified atom stereocenters. The number of hydrogen-bond acceptors (Lipinski definition) is 4. The van der Waals surface area contributed by atoms with Crippen LogP contribution in [0.15, 0.2) is 0 Å². The van der Waals surface area contributed by atoms with E-state index in [1.807, 2.05) is 13.8 Å². The molecule has 2 N–H and O–H groups in total. The summed E-state index contributed by atoms with van der Waals surface area (Å²) in [6, 6.07) is -0.362. The third-order valence-electron chi connectivity index (χ3n) is 1.73. The summed E-state index contributed by atoms with van der Waals surface area (Å²) >= 11 is 0. The molecule has 0 heterocycles. The van der Waals surface area contributed by atoms with Crippen LogP contribution in [-0.2, 0) is 14.6 Å². The van der Waals surface area contributed by atoms with Crippen molar-refractivity contribution in [3.8, 4) is 0 Å². The number of aliphatic hydroxyl groups excluding tert-OH is 1. The molecule has 0 saturated carbocycles. The fourth-order valence-corrected chi connectivity index (χ4v) is 1.82. The highest BCUT2D eigenvalue weighted by Gasteiger charge is 2.16. The number of nitrogens with one attached hydrogen (secondary N) is 1. The maximum atomic E-state index is 11.2. The Hall–Kier alpha value is -0.620. The van der Waals surface area contributed by atoms with Crippen molar-refractivity contribution in [3.05, 3.63) is 0 Å². The summed E-state index contributed by atoms with van der Waals surface area (Å²) in [4.78, 5) is 11.2. The minimum Gasteiger partial charge on any atom is -0.394 e. The van der Waals surface area contributed by atoms with Crippen molar-refractivity contribution < 1.29 is 18.3 Å². The number of amides is 1. The van der Waals surface area contributed by atoms with Gasteiger partial charge in [0, 0.05) is 6.26 Å². The first-order valence-corrected chi connectivity index (χ1v) is 6.88. The molecule has 0 aliphatic carbocycles. The Kier molecular flexibility index (Phi) is 5.82. The first-order valence-electron chi connectivity index (χ1n) is 4.82. The van der Waals surface area contributed by atoms with Gasteiger partial charge < -0.3 is 10.4 Å². The normalized spacial score (nSPS) is 13.9. The van der Waals surface area contributed by atoms with Crippen LogP contribution in [0.1, 0.15) is 20.3 Å². The van der Waals surface area contributed by atoms with Crippen LogP contribution in [0.4, 0.5) is 0 Å². The molecule has 0 spiro atoms. The van der Waals surface area contributed by atoms with Gasteiger partial charge in [-0.05, 0) is 12.3 Å². The van der Waals surface area contributed by atoms with E-state index in [-0.39, 0.29) is 12.6 Å². The van der Waals surface area contributed by atoms with E-state index in [9.17, 15) is 13.2 Å². The van der Waals surface area contributed by atoms with Crippen LogP contribution in [0.3, 0.4) is 0 Å². The maximum absolute atomic E-state index is 11.2. The van der Waals surface area contributed by atoms with Crippen LogP contribution >= 0.6 is 0 Å². The molecule has 15 heavy (non-hydrogen) atoms. The second-order valence-electron chi connectivity index (χ2n) is 4.15. The Bertz CT molecular complexity index is 297. The first-order chi connectivity index (χ1) is 6.74. The van der Waals surface area contributed by atoms with Gasteiger partial charge in [0.2, 0.25) is 5.91 Å². The number of sulfone groups is 1. The summed E-state index contributed by atoms with van der Waals surface area (Å²) in [6.45, 7) is 3.75. The van der Waals surface area contributed by atoms with E-state index in [1.54, 1.807) is 0 Å². The predicted molar refractivity (Wildman–Crippen MR) is 58.2 cm³/mol. The molecule has 6 heteroatoms. The zero-order valence-corrected chi connectivity index (χ0v) is 10.2. The second-order valence-corrected chi connectivity index (χ2v) is 6.29. The largest absolute Gasteiger partial charge is 0.394 e. The van der Waals surface area contributed by atoms with Gasteiger partial charge >= 0.3 is 0 Å². The molecule has 0 saturated heterocycles. The van der Waals surface area contributed by atoms with Gasteiger partial charge in [0.15, 0.2) is 9.84 Å². The maximum Gasteiger partial charge on any atom is 0.235 e. The number of aliphatic hydroxyl groups is 1. The molecule has 90 valence electrons. The van der Waals surface area contributed by atoms with Gasteiger partial charge in [-0.3, -0.25) is 4.79 Å². The van der Waals surface area contributed by atoms with Crippen LogP contribution in [-0.4, -0.2) is 44.1 Å². The molecule has 0 aromatic carbocycles. The van der Waals surface area contributed by atoms with Crippen molar-refractivity contribution in [2.45, 2.75) is 26.3 Å². The van der Waals surface area contributed by atoms with Gasteiger partial charge in [0.25, 0.3) is 0 Å². The molecule has 0 aromatic heterocycles. The zero-order valence-electron chi connectivity index (χ0n) is 9.36. The van der Waals surface area contributed by atoms with Crippen molar-refractivity contribution in [2.75, 3.05) is 18.6 Å². The van der Waals surface area contributed by atoms with E-state index in [2.05, 4.69) is 5.32 Å². The third-order valence-corrected chi connectivity index (χ3v) is 2.52. The fourth-order valence-electron chi connectivity index (χ4n) is 1.26. The van der Waals surface area contributed by atoms with E-state index in [0.717, 1.165) is 6.26 Å². The van der Waals surface area contributed by atoms with E-state index >= 15 is 0 Å². The van der Waals surface area contributed by atoms with Crippen LogP contribution in [0.25, 0.3) is 0 Å². The molecule has 0 bridgehead atoms. The lowest BCUT2D eigenvalue weighted by Gasteiger charge is -2.17. The number of carbonyl (C=O) groups is 1. The highest BCUT2D eigenvalue weighted by atomic mass is 32.2. The average molecular weight is 237 g/mol. The highest BCUT2D eigenvalue weighted by molar-refractivity contribution is 7.91. The smallest absolute Gasteiger partial charge is 0.235 e. The Morgan fingerprint density at radius 3 is 2.27 bits per heavy atom. The summed E-state index contributed by atoms with van der Waals surface area (Å²) in [5.74, 6) is -0.750. The number of rotatable bonds is 6. The van der Waals surface area contributed by atoms with Gasteiger partial charge in [-0.2, -0.15) is 0 Å². The van der Waals surface area contributed by atoms with Crippen molar-refractivity contribution in [3.63, 3.8) is 0 Å². The molecule has 0 aromatic rings. The topological polar surface area (TPSA) is 83.5 Å². The highest BCUT2D eigenvalue weighted by Crippen LogP contribution is 2.03.